The summed E-state index contributed by atoms with van der Waals surface area (Å²) in [5, 5.41) is 9.37. The van der Waals surface area contributed by atoms with Crippen LogP contribution in [0.3, 0.4) is 0 Å². The molecule has 0 bridgehead atoms. The summed E-state index contributed by atoms with van der Waals surface area (Å²) in [5.74, 6) is 1.68. The third-order valence-electron chi connectivity index (χ3n) is 3.77. The molecule has 1 aliphatic carbocycles. The highest BCUT2D eigenvalue weighted by Gasteiger charge is 2.28. The standard InChI is InChI=1S/C15H24N2OS/c1-3-19-15-6-4-5-14(13(15)9-16)17(2)10-11-7-12(18)8-11/h4-6,11-12,18H,3,7-10,16H2,1-2H3. The van der Waals surface area contributed by atoms with Gasteiger partial charge >= 0.3 is 0 Å². The summed E-state index contributed by atoms with van der Waals surface area (Å²) in [4.78, 5) is 3.58. The Bertz CT molecular complexity index is 419. The molecule has 0 saturated heterocycles. The number of rotatable bonds is 6. The first-order valence-corrected chi connectivity index (χ1v) is 7.98. The number of anilines is 1. The van der Waals surface area contributed by atoms with Gasteiger partial charge in [-0.05, 0) is 36.6 Å². The van der Waals surface area contributed by atoms with Gasteiger partial charge in [0.15, 0.2) is 0 Å². The fourth-order valence-corrected chi connectivity index (χ4v) is 3.59. The van der Waals surface area contributed by atoms with E-state index in [0.717, 1.165) is 25.1 Å². The first-order chi connectivity index (χ1) is 9.15. The van der Waals surface area contributed by atoms with E-state index >= 15 is 0 Å². The minimum atomic E-state index is -0.0747. The van der Waals surface area contributed by atoms with Gasteiger partial charge in [0, 0.05) is 36.3 Å². The van der Waals surface area contributed by atoms with Gasteiger partial charge in [0.1, 0.15) is 0 Å². The Hall–Kier alpha value is -0.710. The molecule has 1 aromatic carbocycles. The molecule has 1 aliphatic rings. The van der Waals surface area contributed by atoms with E-state index < -0.39 is 0 Å². The number of aliphatic hydroxyl groups is 1. The lowest BCUT2D eigenvalue weighted by atomic mass is 9.82. The van der Waals surface area contributed by atoms with Crippen molar-refractivity contribution in [3.8, 4) is 0 Å². The van der Waals surface area contributed by atoms with E-state index in [1.807, 2.05) is 11.8 Å². The van der Waals surface area contributed by atoms with Crippen LogP contribution in [0.2, 0.25) is 0 Å². The van der Waals surface area contributed by atoms with E-state index in [4.69, 9.17) is 5.73 Å². The highest BCUT2D eigenvalue weighted by atomic mass is 32.2. The Kier molecular flexibility index (Phi) is 5.13. The topological polar surface area (TPSA) is 49.5 Å². The molecule has 0 unspecified atom stereocenters. The van der Waals surface area contributed by atoms with E-state index in [1.165, 1.54) is 16.1 Å². The van der Waals surface area contributed by atoms with E-state index in [2.05, 4.69) is 37.1 Å². The maximum Gasteiger partial charge on any atom is 0.0546 e. The van der Waals surface area contributed by atoms with E-state index in [9.17, 15) is 5.11 Å². The Morgan fingerprint density at radius 1 is 1.42 bits per heavy atom. The van der Waals surface area contributed by atoms with Gasteiger partial charge < -0.3 is 15.7 Å². The largest absolute Gasteiger partial charge is 0.393 e. The molecule has 0 spiro atoms. The summed E-state index contributed by atoms with van der Waals surface area (Å²) in [6.45, 7) is 3.75. The van der Waals surface area contributed by atoms with Gasteiger partial charge in [-0.15, -0.1) is 11.8 Å². The highest BCUT2D eigenvalue weighted by molar-refractivity contribution is 7.99. The fourth-order valence-electron chi connectivity index (χ4n) is 2.74. The maximum absolute atomic E-state index is 9.37. The summed E-state index contributed by atoms with van der Waals surface area (Å²) >= 11 is 1.85. The van der Waals surface area contributed by atoms with Crippen LogP contribution in [0, 0.1) is 5.92 Å². The van der Waals surface area contributed by atoms with Crippen LogP contribution in [0.25, 0.3) is 0 Å². The third-order valence-corrected chi connectivity index (χ3v) is 4.75. The van der Waals surface area contributed by atoms with Crippen molar-refractivity contribution < 1.29 is 5.11 Å². The van der Waals surface area contributed by atoms with Crippen molar-refractivity contribution in [2.24, 2.45) is 11.7 Å². The molecule has 19 heavy (non-hydrogen) atoms. The van der Waals surface area contributed by atoms with Crippen molar-refractivity contribution in [2.45, 2.75) is 37.3 Å². The second-order valence-corrected chi connectivity index (χ2v) is 6.57. The van der Waals surface area contributed by atoms with Crippen LogP contribution in [0.1, 0.15) is 25.3 Å². The Labute approximate surface area is 120 Å². The maximum atomic E-state index is 9.37. The zero-order valence-corrected chi connectivity index (χ0v) is 12.6. The fraction of sp³-hybridized carbons (Fsp3) is 0.600. The zero-order chi connectivity index (χ0) is 13.8. The second kappa shape index (κ2) is 6.64. The lowest BCUT2D eigenvalue weighted by Gasteiger charge is -2.36. The van der Waals surface area contributed by atoms with Crippen molar-refractivity contribution in [2.75, 3.05) is 24.2 Å². The first-order valence-electron chi connectivity index (χ1n) is 6.99. The lowest BCUT2D eigenvalue weighted by molar-refractivity contribution is 0.0464. The quantitative estimate of drug-likeness (QED) is 0.786. The van der Waals surface area contributed by atoms with E-state index in [1.54, 1.807) is 0 Å². The van der Waals surface area contributed by atoms with Crippen molar-refractivity contribution >= 4 is 17.4 Å². The smallest absolute Gasteiger partial charge is 0.0546 e. The highest BCUT2D eigenvalue weighted by Crippen LogP contribution is 2.33. The molecular formula is C15H24N2OS. The van der Waals surface area contributed by atoms with E-state index in [0.29, 0.717) is 12.5 Å². The van der Waals surface area contributed by atoms with Crippen molar-refractivity contribution in [3.63, 3.8) is 0 Å². The molecule has 4 heteroatoms. The van der Waals surface area contributed by atoms with E-state index in [-0.39, 0.29) is 6.10 Å². The third kappa shape index (κ3) is 3.44. The zero-order valence-electron chi connectivity index (χ0n) is 11.8. The Balaban J connectivity index is 2.11. The molecule has 0 heterocycles. The summed E-state index contributed by atoms with van der Waals surface area (Å²) in [6.07, 6.45) is 1.80. The van der Waals surface area contributed by atoms with Gasteiger partial charge in [0.05, 0.1) is 6.10 Å². The van der Waals surface area contributed by atoms with Crippen LogP contribution in [0.5, 0.6) is 0 Å². The van der Waals surface area contributed by atoms with Crippen LogP contribution in [-0.4, -0.2) is 30.6 Å². The number of hydrogen-bond donors (Lipinski definition) is 2. The molecule has 0 atom stereocenters. The monoisotopic (exact) mass is 280 g/mol. The summed E-state index contributed by atoms with van der Waals surface area (Å²) in [7, 11) is 2.12. The first kappa shape index (κ1) is 14.7. The molecule has 1 fully saturated rings. The Morgan fingerprint density at radius 3 is 2.74 bits per heavy atom. The van der Waals surface area contributed by atoms with Gasteiger partial charge in [-0.2, -0.15) is 0 Å². The molecule has 2 rings (SSSR count). The predicted octanol–water partition coefficient (Wildman–Crippen LogP) is 2.46. The van der Waals surface area contributed by atoms with Gasteiger partial charge in [0.2, 0.25) is 0 Å². The van der Waals surface area contributed by atoms with Crippen molar-refractivity contribution in [1.82, 2.24) is 0 Å². The van der Waals surface area contributed by atoms with Gasteiger partial charge in [-0.25, -0.2) is 0 Å². The number of nitrogens with two attached hydrogens (primary N) is 1. The minimum absolute atomic E-state index is 0.0747. The van der Waals surface area contributed by atoms with Gasteiger partial charge in [0.25, 0.3) is 0 Å². The van der Waals surface area contributed by atoms with Crippen molar-refractivity contribution in [3.05, 3.63) is 23.8 Å². The van der Waals surface area contributed by atoms with Crippen LogP contribution >= 0.6 is 11.8 Å². The van der Waals surface area contributed by atoms with Crippen LogP contribution in [-0.2, 0) is 6.54 Å². The summed E-state index contributed by atoms with van der Waals surface area (Å²) < 4.78 is 0. The molecule has 0 radical (unpaired) electrons. The number of hydrogen-bond acceptors (Lipinski definition) is 4. The van der Waals surface area contributed by atoms with Gasteiger partial charge in [-0.3, -0.25) is 0 Å². The minimum Gasteiger partial charge on any atom is -0.393 e. The molecule has 106 valence electrons. The lowest BCUT2D eigenvalue weighted by Crippen LogP contribution is -2.37. The molecule has 0 aromatic heterocycles. The molecule has 1 saturated carbocycles. The van der Waals surface area contributed by atoms with Crippen LogP contribution < -0.4 is 10.6 Å². The number of thioether (sulfide) groups is 1. The molecule has 3 nitrogen and oxygen atoms in total. The van der Waals surface area contributed by atoms with Crippen molar-refractivity contribution in [1.29, 1.82) is 0 Å². The number of benzene rings is 1. The summed E-state index contributed by atoms with van der Waals surface area (Å²) in [5.41, 5.74) is 8.42. The SMILES string of the molecule is CCSc1cccc(N(C)CC2CC(O)C2)c1CN. The average molecular weight is 280 g/mol. The molecule has 0 aliphatic heterocycles. The van der Waals surface area contributed by atoms with Gasteiger partial charge in [-0.1, -0.05) is 13.0 Å². The normalized spacial score (nSPS) is 22.1. The van der Waals surface area contributed by atoms with Crippen LogP contribution in [0.4, 0.5) is 5.69 Å². The molecule has 3 N–H and O–H groups in total. The number of nitrogens with zero attached hydrogens (tertiary/aromatic N) is 1. The molecule has 0 amide bonds. The second-order valence-electron chi connectivity index (χ2n) is 5.26. The summed E-state index contributed by atoms with van der Waals surface area (Å²) in [6, 6.07) is 6.41. The number of aliphatic hydroxyl groups excluding tert-OH is 1. The predicted molar refractivity (Wildman–Crippen MR) is 82.7 cm³/mol. The average Bonchev–Trinajstić information content (AvgIpc) is 2.37. The molecular weight excluding hydrogens is 256 g/mol. The Morgan fingerprint density at radius 2 is 2.16 bits per heavy atom. The molecule has 1 aromatic rings. The van der Waals surface area contributed by atoms with Crippen LogP contribution in [0.15, 0.2) is 23.1 Å².